The Balaban J connectivity index is 1.65. The Morgan fingerprint density at radius 3 is 2.65 bits per heavy atom. The smallest absolute Gasteiger partial charge is 0.247 e. The van der Waals surface area contributed by atoms with E-state index in [4.69, 9.17) is 0 Å². The maximum absolute atomic E-state index is 4.55. The van der Waals surface area contributed by atoms with Crippen LogP contribution >= 0.6 is 0 Å². The van der Waals surface area contributed by atoms with Gasteiger partial charge in [-0.05, 0) is 24.8 Å². The average Bonchev–Trinajstić information content (AvgIpc) is 2.55. The van der Waals surface area contributed by atoms with E-state index in [0.29, 0.717) is 0 Å². The molecule has 0 spiro atoms. The Hall–Kier alpha value is -2.17. The summed E-state index contributed by atoms with van der Waals surface area (Å²) in [5, 5.41) is 11.5. The molecule has 1 saturated heterocycles. The molecule has 0 radical (unpaired) electrons. The van der Waals surface area contributed by atoms with Gasteiger partial charge in [-0.15, -0.1) is 5.10 Å². The Kier molecular flexibility index (Phi) is 4.06. The molecule has 5 nitrogen and oxygen atoms in total. The van der Waals surface area contributed by atoms with Gasteiger partial charge in [0.1, 0.15) is 0 Å². The van der Waals surface area contributed by atoms with Crippen LogP contribution < -0.4 is 10.2 Å². The quantitative estimate of drug-likeness (QED) is 0.924. The van der Waals surface area contributed by atoms with E-state index in [1.807, 2.05) is 18.2 Å². The van der Waals surface area contributed by atoms with Crippen molar-refractivity contribution in [3.05, 3.63) is 42.1 Å². The van der Waals surface area contributed by atoms with Crippen molar-refractivity contribution in [1.29, 1.82) is 0 Å². The van der Waals surface area contributed by atoms with Crippen LogP contribution in [-0.2, 0) is 6.54 Å². The van der Waals surface area contributed by atoms with Crippen molar-refractivity contribution < 1.29 is 0 Å². The highest BCUT2D eigenvalue weighted by molar-refractivity contribution is 5.39. The van der Waals surface area contributed by atoms with Crippen molar-refractivity contribution >= 4 is 11.8 Å². The van der Waals surface area contributed by atoms with Gasteiger partial charge in [-0.1, -0.05) is 30.3 Å². The van der Waals surface area contributed by atoms with Gasteiger partial charge >= 0.3 is 0 Å². The number of aromatic nitrogens is 3. The van der Waals surface area contributed by atoms with Crippen molar-refractivity contribution in [2.75, 3.05) is 23.3 Å². The van der Waals surface area contributed by atoms with Gasteiger partial charge in [0.25, 0.3) is 0 Å². The summed E-state index contributed by atoms with van der Waals surface area (Å²) < 4.78 is 0. The van der Waals surface area contributed by atoms with Crippen molar-refractivity contribution in [3.63, 3.8) is 0 Å². The lowest BCUT2D eigenvalue weighted by Crippen LogP contribution is -2.31. The number of hydrogen-bond acceptors (Lipinski definition) is 5. The summed E-state index contributed by atoms with van der Waals surface area (Å²) in [6.45, 7) is 2.81. The highest BCUT2D eigenvalue weighted by Crippen LogP contribution is 2.16. The zero-order valence-corrected chi connectivity index (χ0v) is 11.5. The van der Waals surface area contributed by atoms with Gasteiger partial charge < -0.3 is 10.2 Å². The molecule has 1 aliphatic heterocycles. The molecule has 1 aromatic heterocycles. The summed E-state index contributed by atoms with van der Waals surface area (Å²) in [4.78, 5) is 6.77. The molecule has 1 N–H and O–H groups in total. The van der Waals surface area contributed by atoms with Gasteiger partial charge in [0.15, 0.2) is 5.82 Å². The fourth-order valence-electron chi connectivity index (χ4n) is 2.40. The molecule has 2 heterocycles. The number of hydrogen-bond donors (Lipinski definition) is 1. The highest BCUT2D eigenvalue weighted by Gasteiger charge is 2.14. The normalized spacial score (nSPS) is 15.1. The predicted molar refractivity (Wildman–Crippen MR) is 79.7 cm³/mol. The van der Waals surface area contributed by atoms with Crippen LogP contribution in [0.2, 0.25) is 0 Å². The van der Waals surface area contributed by atoms with E-state index < -0.39 is 0 Å². The number of rotatable bonds is 4. The van der Waals surface area contributed by atoms with Gasteiger partial charge in [-0.3, -0.25) is 0 Å². The predicted octanol–water partition coefficient (Wildman–Crippen LogP) is 2.47. The second-order valence-electron chi connectivity index (χ2n) is 5.03. The molecule has 0 unspecified atom stereocenters. The van der Waals surface area contributed by atoms with Crippen molar-refractivity contribution in [3.8, 4) is 0 Å². The number of nitrogens with zero attached hydrogens (tertiary/aromatic N) is 4. The molecule has 1 aliphatic rings. The van der Waals surface area contributed by atoms with Gasteiger partial charge in [0.2, 0.25) is 5.95 Å². The lowest BCUT2D eigenvalue weighted by atomic mass is 10.1. The van der Waals surface area contributed by atoms with E-state index >= 15 is 0 Å². The van der Waals surface area contributed by atoms with Crippen LogP contribution in [0.5, 0.6) is 0 Å². The maximum atomic E-state index is 4.55. The first-order valence-electron chi connectivity index (χ1n) is 7.14. The zero-order chi connectivity index (χ0) is 13.6. The summed E-state index contributed by atoms with van der Waals surface area (Å²) in [7, 11) is 0. The Morgan fingerprint density at radius 2 is 1.85 bits per heavy atom. The van der Waals surface area contributed by atoms with Crippen LogP contribution in [0.25, 0.3) is 0 Å². The largest absolute Gasteiger partial charge is 0.365 e. The van der Waals surface area contributed by atoms with E-state index in [0.717, 1.165) is 31.4 Å². The molecule has 5 heteroatoms. The first kappa shape index (κ1) is 12.8. The summed E-state index contributed by atoms with van der Waals surface area (Å²) in [5.41, 5.74) is 1.23. The van der Waals surface area contributed by atoms with E-state index in [-0.39, 0.29) is 0 Å². The van der Waals surface area contributed by atoms with Gasteiger partial charge in [-0.2, -0.15) is 10.1 Å². The molecule has 0 aliphatic carbocycles. The van der Waals surface area contributed by atoms with E-state index in [9.17, 15) is 0 Å². The number of benzene rings is 1. The van der Waals surface area contributed by atoms with Gasteiger partial charge in [0.05, 0.1) is 6.20 Å². The van der Waals surface area contributed by atoms with Crippen LogP contribution in [-0.4, -0.2) is 28.3 Å². The number of anilines is 2. The molecule has 20 heavy (non-hydrogen) atoms. The standard InChI is InChI=1S/C15H19N5/c1-3-7-13(8-4-1)11-16-14-12-17-19-15(18-14)20-9-5-2-6-10-20/h1,3-4,7-8,12H,2,5-6,9-11H2,(H,16,18,19). The molecule has 2 aromatic rings. The molecule has 1 fully saturated rings. The van der Waals surface area contributed by atoms with E-state index in [1.165, 1.54) is 24.8 Å². The second kappa shape index (κ2) is 6.32. The number of nitrogens with one attached hydrogen (secondary N) is 1. The summed E-state index contributed by atoms with van der Waals surface area (Å²) in [6, 6.07) is 10.3. The van der Waals surface area contributed by atoms with Crippen LogP contribution in [0.4, 0.5) is 11.8 Å². The molecule has 0 saturated carbocycles. The van der Waals surface area contributed by atoms with Crippen molar-refractivity contribution in [1.82, 2.24) is 15.2 Å². The summed E-state index contributed by atoms with van der Waals surface area (Å²) >= 11 is 0. The van der Waals surface area contributed by atoms with Gasteiger partial charge in [-0.25, -0.2) is 0 Å². The minimum atomic E-state index is 0.739. The molecule has 0 atom stereocenters. The summed E-state index contributed by atoms with van der Waals surface area (Å²) in [5.74, 6) is 1.52. The van der Waals surface area contributed by atoms with Gasteiger partial charge in [0, 0.05) is 19.6 Å². The Bertz CT molecular complexity index is 537. The topological polar surface area (TPSA) is 53.9 Å². The van der Waals surface area contributed by atoms with Crippen molar-refractivity contribution in [2.45, 2.75) is 25.8 Å². The van der Waals surface area contributed by atoms with E-state index in [2.05, 4.69) is 37.5 Å². The van der Waals surface area contributed by atoms with Crippen molar-refractivity contribution in [2.24, 2.45) is 0 Å². The van der Waals surface area contributed by atoms with Crippen LogP contribution in [0.15, 0.2) is 36.5 Å². The number of piperidine rings is 1. The molecule has 0 bridgehead atoms. The molecule has 1 aromatic carbocycles. The fourth-order valence-corrected chi connectivity index (χ4v) is 2.40. The molecule has 104 valence electrons. The zero-order valence-electron chi connectivity index (χ0n) is 11.5. The third-order valence-electron chi connectivity index (χ3n) is 3.50. The third-order valence-corrected chi connectivity index (χ3v) is 3.50. The minimum Gasteiger partial charge on any atom is -0.365 e. The first-order valence-corrected chi connectivity index (χ1v) is 7.14. The highest BCUT2D eigenvalue weighted by atomic mass is 15.3. The lowest BCUT2D eigenvalue weighted by Gasteiger charge is -2.26. The minimum absolute atomic E-state index is 0.739. The maximum Gasteiger partial charge on any atom is 0.247 e. The molecular formula is C15H19N5. The monoisotopic (exact) mass is 269 g/mol. The fraction of sp³-hybridized carbons (Fsp3) is 0.400. The van der Waals surface area contributed by atoms with E-state index in [1.54, 1.807) is 6.20 Å². The first-order chi connectivity index (χ1) is 9.92. The van der Waals surface area contributed by atoms with Crippen LogP contribution in [0.3, 0.4) is 0 Å². The molecule has 3 rings (SSSR count). The Labute approximate surface area is 119 Å². The molecular weight excluding hydrogens is 250 g/mol. The van der Waals surface area contributed by atoms with Crippen LogP contribution in [0, 0.1) is 0 Å². The average molecular weight is 269 g/mol. The summed E-state index contributed by atoms with van der Waals surface area (Å²) in [6.07, 6.45) is 5.41. The molecule has 0 amide bonds. The Morgan fingerprint density at radius 1 is 1.05 bits per heavy atom. The van der Waals surface area contributed by atoms with Crippen LogP contribution in [0.1, 0.15) is 24.8 Å². The lowest BCUT2D eigenvalue weighted by molar-refractivity contribution is 0.565. The second-order valence-corrected chi connectivity index (χ2v) is 5.03. The SMILES string of the molecule is c1ccc(CNc2cnnc(N3CCCCC3)n2)cc1. The third kappa shape index (κ3) is 3.23.